The second-order valence-electron chi connectivity index (χ2n) is 8.43. The molecule has 0 aliphatic heterocycles. The third-order valence-electron chi connectivity index (χ3n) is 5.37. The molecule has 33 heavy (non-hydrogen) atoms. The van der Waals surface area contributed by atoms with Gasteiger partial charge >= 0.3 is 0 Å². The second-order valence-corrected chi connectivity index (χ2v) is 8.43. The molecule has 0 saturated carbocycles. The van der Waals surface area contributed by atoms with Gasteiger partial charge in [0.1, 0.15) is 5.69 Å². The Hall–Kier alpha value is -3.52. The second kappa shape index (κ2) is 9.95. The number of imidazole rings is 1. The number of carbonyl (C=O) groups is 1. The number of carbonyl (C=O) groups excluding carboxylic acids is 1. The highest BCUT2D eigenvalue weighted by Gasteiger charge is 2.17. The Balaban J connectivity index is 1.77. The van der Waals surface area contributed by atoms with Gasteiger partial charge in [-0.15, -0.1) is 0 Å². The zero-order valence-electron chi connectivity index (χ0n) is 19.2. The number of H-pyrrole nitrogens is 1. The average Bonchev–Trinajstić information content (AvgIpc) is 3.11. The number of benzene rings is 2. The van der Waals surface area contributed by atoms with Crippen molar-refractivity contribution < 1.29 is 9.53 Å². The van der Waals surface area contributed by atoms with E-state index in [9.17, 15) is 9.59 Å². The minimum Gasteiger partial charge on any atom is -0.382 e. The summed E-state index contributed by atoms with van der Waals surface area (Å²) in [6.07, 6.45) is 1.37. The molecule has 172 valence electrons. The van der Waals surface area contributed by atoms with Crippen LogP contribution in [-0.4, -0.2) is 38.6 Å². The summed E-state index contributed by atoms with van der Waals surface area (Å²) >= 11 is 0. The van der Waals surface area contributed by atoms with Gasteiger partial charge in [0.15, 0.2) is 0 Å². The van der Waals surface area contributed by atoms with Gasteiger partial charge in [0.2, 0.25) is 5.95 Å². The molecule has 0 atom stereocenters. The molecule has 8 nitrogen and oxygen atoms in total. The number of nitrogens with zero attached hydrogens (tertiary/aromatic N) is 3. The summed E-state index contributed by atoms with van der Waals surface area (Å²) in [5, 5.41) is 2.94. The van der Waals surface area contributed by atoms with Crippen molar-refractivity contribution in [3.8, 4) is 0 Å². The van der Waals surface area contributed by atoms with E-state index in [0.717, 1.165) is 11.9 Å². The van der Waals surface area contributed by atoms with Gasteiger partial charge in [-0.05, 0) is 49.9 Å². The Morgan fingerprint density at radius 3 is 2.67 bits per heavy atom. The number of fused-ring (bicyclic) bond motifs is 2. The number of hydrogen-bond donors (Lipinski definition) is 2. The molecule has 0 saturated heterocycles. The van der Waals surface area contributed by atoms with Crippen LogP contribution in [0.15, 0.2) is 47.3 Å². The Morgan fingerprint density at radius 2 is 1.94 bits per heavy atom. The molecule has 0 fully saturated rings. The fraction of sp³-hybridized carbons (Fsp3) is 0.360. The SMILES string of the molecule is CCOCCCn1c(NC(=O)c2ccccc2)nc2cc3[nH]c(=O)c(CC(C)C)nc3cc21. The fourth-order valence-electron chi connectivity index (χ4n) is 3.82. The lowest BCUT2D eigenvalue weighted by Gasteiger charge is -2.11. The third kappa shape index (κ3) is 5.12. The minimum absolute atomic E-state index is 0.177. The Labute approximate surface area is 192 Å². The maximum atomic E-state index is 12.8. The molecule has 0 spiro atoms. The Bertz CT molecular complexity index is 1320. The first-order chi connectivity index (χ1) is 16.0. The molecular formula is C25H29N5O3. The van der Waals surface area contributed by atoms with Crippen LogP contribution in [0.1, 0.15) is 43.2 Å². The zero-order chi connectivity index (χ0) is 23.4. The first kappa shape index (κ1) is 22.7. The van der Waals surface area contributed by atoms with Gasteiger partial charge < -0.3 is 14.3 Å². The van der Waals surface area contributed by atoms with Crippen LogP contribution in [0.2, 0.25) is 0 Å². The lowest BCUT2D eigenvalue weighted by molar-refractivity contribution is 0.102. The van der Waals surface area contributed by atoms with E-state index in [1.54, 1.807) is 12.1 Å². The van der Waals surface area contributed by atoms with Gasteiger partial charge in [-0.3, -0.25) is 14.9 Å². The number of anilines is 1. The summed E-state index contributed by atoms with van der Waals surface area (Å²) in [6, 6.07) is 12.8. The van der Waals surface area contributed by atoms with Crippen LogP contribution in [-0.2, 0) is 17.7 Å². The number of amides is 1. The van der Waals surface area contributed by atoms with Crippen LogP contribution in [0, 0.1) is 5.92 Å². The topological polar surface area (TPSA) is 102 Å². The normalized spacial score (nSPS) is 11.5. The van der Waals surface area contributed by atoms with E-state index in [1.165, 1.54) is 0 Å². The third-order valence-corrected chi connectivity index (χ3v) is 5.37. The van der Waals surface area contributed by atoms with E-state index < -0.39 is 0 Å². The standard InChI is InChI=1S/C25H29N5O3/c1-4-33-12-8-11-30-22-15-19-18(27-24(32)21(26-19)13-16(2)3)14-20(22)28-25(30)29-23(31)17-9-6-5-7-10-17/h5-7,9-10,14-16H,4,8,11-13H2,1-3H3,(H,27,32)(H,28,29,31). The van der Waals surface area contributed by atoms with E-state index in [0.29, 0.717) is 65.9 Å². The highest BCUT2D eigenvalue weighted by molar-refractivity contribution is 6.04. The lowest BCUT2D eigenvalue weighted by atomic mass is 10.1. The van der Waals surface area contributed by atoms with Gasteiger partial charge in [-0.2, -0.15) is 0 Å². The van der Waals surface area contributed by atoms with E-state index in [4.69, 9.17) is 4.74 Å². The summed E-state index contributed by atoms with van der Waals surface area (Å²) in [5.41, 5.74) is 3.75. The predicted octanol–water partition coefficient (Wildman–Crippen LogP) is 4.15. The van der Waals surface area contributed by atoms with Gasteiger partial charge in [0.25, 0.3) is 11.5 Å². The number of aromatic nitrogens is 4. The smallest absolute Gasteiger partial charge is 0.270 e. The largest absolute Gasteiger partial charge is 0.382 e. The van der Waals surface area contributed by atoms with Crippen molar-refractivity contribution in [3.63, 3.8) is 0 Å². The van der Waals surface area contributed by atoms with Gasteiger partial charge in [-0.25, -0.2) is 9.97 Å². The molecule has 2 N–H and O–H groups in total. The first-order valence-electron chi connectivity index (χ1n) is 11.3. The molecule has 2 aromatic heterocycles. The van der Waals surface area contributed by atoms with E-state index >= 15 is 0 Å². The van der Waals surface area contributed by atoms with Crippen molar-refractivity contribution in [2.24, 2.45) is 5.92 Å². The molecule has 0 aliphatic carbocycles. The maximum Gasteiger partial charge on any atom is 0.270 e. The minimum atomic E-state index is -0.229. The maximum absolute atomic E-state index is 12.8. The molecule has 0 bridgehead atoms. The van der Waals surface area contributed by atoms with Gasteiger partial charge in [-0.1, -0.05) is 32.0 Å². The fourth-order valence-corrected chi connectivity index (χ4v) is 3.82. The summed E-state index contributed by atoms with van der Waals surface area (Å²) in [7, 11) is 0. The molecule has 2 aromatic carbocycles. The van der Waals surface area contributed by atoms with Crippen molar-refractivity contribution in [1.29, 1.82) is 0 Å². The number of aryl methyl sites for hydroxylation is 1. The van der Waals surface area contributed by atoms with E-state index in [1.807, 2.05) is 41.8 Å². The van der Waals surface area contributed by atoms with Crippen LogP contribution in [0.3, 0.4) is 0 Å². The molecule has 2 heterocycles. The van der Waals surface area contributed by atoms with Crippen molar-refractivity contribution >= 4 is 33.9 Å². The molecule has 1 amide bonds. The highest BCUT2D eigenvalue weighted by atomic mass is 16.5. The number of rotatable bonds is 9. The van der Waals surface area contributed by atoms with Crippen molar-refractivity contribution in [1.82, 2.24) is 19.5 Å². The Kier molecular flexibility index (Phi) is 6.84. The zero-order valence-corrected chi connectivity index (χ0v) is 19.2. The number of aromatic amines is 1. The number of nitrogens with one attached hydrogen (secondary N) is 2. The van der Waals surface area contributed by atoms with E-state index in [2.05, 4.69) is 34.1 Å². The van der Waals surface area contributed by atoms with Crippen molar-refractivity contribution in [2.75, 3.05) is 18.5 Å². The number of hydrogen-bond acceptors (Lipinski definition) is 5. The summed E-state index contributed by atoms with van der Waals surface area (Å²) in [5.74, 6) is 0.548. The van der Waals surface area contributed by atoms with Gasteiger partial charge in [0.05, 0.1) is 22.1 Å². The molecule has 0 radical (unpaired) electrons. The van der Waals surface area contributed by atoms with Crippen molar-refractivity contribution in [2.45, 2.75) is 40.2 Å². The first-order valence-corrected chi connectivity index (χ1v) is 11.3. The quantitative estimate of drug-likeness (QED) is 0.375. The van der Waals surface area contributed by atoms with Crippen LogP contribution < -0.4 is 10.9 Å². The summed E-state index contributed by atoms with van der Waals surface area (Å²) in [4.78, 5) is 37.5. The van der Waals surface area contributed by atoms with Crippen LogP contribution in [0.5, 0.6) is 0 Å². The molecule has 4 aromatic rings. The summed E-state index contributed by atoms with van der Waals surface area (Å²) < 4.78 is 7.47. The Morgan fingerprint density at radius 1 is 1.15 bits per heavy atom. The molecule has 8 heteroatoms. The highest BCUT2D eigenvalue weighted by Crippen LogP contribution is 2.25. The van der Waals surface area contributed by atoms with Crippen molar-refractivity contribution in [3.05, 3.63) is 64.1 Å². The average molecular weight is 448 g/mol. The van der Waals surface area contributed by atoms with Crippen LogP contribution >= 0.6 is 0 Å². The lowest BCUT2D eigenvalue weighted by Crippen LogP contribution is -2.17. The molecule has 0 aliphatic rings. The summed E-state index contributed by atoms with van der Waals surface area (Å²) in [6.45, 7) is 7.97. The van der Waals surface area contributed by atoms with E-state index in [-0.39, 0.29) is 11.5 Å². The molecular weight excluding hydrogens is 418 g/mol. The van der Waals surface area contributed by atoms with Crippen LogP contribution in [0.25, 0.3) is 22.1 Å². The molecule has 0 unspecified atom stereocenters. The van der Waals surface area contributed by atoms with Crippen LogP contribution in [0.4, 0.5) is 5.95 Å². The molecule has 4 rings (SSSR count). The van der Waals surface area contributed by atoms with Gasteiger partial charge in [0, 0.05) is 25.3 Å². The predicted molar refractivity (Wildman–Crippen MR) is 130 cm³/mol. The monoisotopic (exact) mass is 447 g/mol. The number of ether oxygens (including phenoxy) is 1.